The molecule has 1 aliphatic heterocycles. The summed E-state index contributed by atoms with van der Waals surface area (Å²) >= 11 is 0. The van der Waals surface area contributed by atoms with Gasteiger partial charge in [-0.2, -0.15) is 0 Å². The minimum absolute atomic E-state index is 0.0401. The van der Waals surface area contributed by atoms with Gasteiger partial charge in [-0.25, -0.2) is 8.42 Å². The molecule has 3 rings (SSSR count). The van der Waals surface area contributed by atoms with E-state index in [9.17, 15) is 13.2 Å². The van der Waals surface area contributed by atoms with E-state index in [4.69, 9.17) is 4.52 Å². The van der Waals surface area contributed by atoms with Gasteiger partial charge in [-0.05, 0) is 40.2 Å². The Labute approximate surface area is 162 Å². The molecule has 1 saturated carbocycles. The first-order chi connectivity index (χ1) is 12.8. The molecule has 2 fully saturated rings. The summed E-state index contributed by atoms with van der Waals surface area (Å²) in [5.74, 6) is 1.13. The molecule has 1 aliphatic carbocycles. The van der Waals surface area contributed by atoms with Crippen LogP contribution in [0.25, 0.3) is 0 Å². The van der Waals surface area contributed by atoms with Crippen LogP contribution in [-0.4, -0.2) is 66.5 Å². The number of hydrogen-bond acceptors (Lipinski definition) is 6. The third kappa shape index (κ3) is 4.90. The average molecular weight is 398 g/mol. The van der Waals surface area contributed by atoms with Crippen molar-refractivity contribution in [3.8, 4) is 0 Å². The second-order valence-corrected chi connectivity index (χ2v) is 10.4. The summed E-state index contributed by atoms with van der Waals surface area (Å²) in [7, 11) is -1.11. The van der Waals surface area contributed by atoms with Crippen LogP contribution in [0.5, 0.6) is 0 Å². The molecule has 152 valence electrons. The van der Waals surface area contributed by atoms with Gasteiger partial charge in [-0.15, -0.1) is 0 Å². The highest BCUT2D eigenvalue weighted by atomic mass is 32.2. The summed E-state index contributed by atoms with van der Waals surface area (Å²) < 4.78 is 29.2. The maximum atomic E-state index is 13.2. The zero-order valence-electron chi connectivity index (χ0n) is 16.6. The van der Waals surface area contributed by atoms with E-state index in [0.717, 1.165) is 42.7 Å². The summed E-state index contributed by atoms with van der Waals surface area (Å²) in [6.07, 6.45) is 5.96. The SMILES string of the molecule is Cc1noc(C)c1CN(C)CC(=O)N(C1CCCCC1)C1CCS(=O)(=O)C1. The molecule has 0 aromatic carbocycles. The molecule has 2 heterocycles. The van der Waals surface area contributed by atoms with Crippen molar-refractivity contribution in [2.45, 2.75) is 71.0 Å². The number of hydrogen-bond donors (Lipinski definition) is 0. The van der Waals surface area contributed by atoms with Crippen LogP contribution in [0.15, 0.2) is 4.52 Å². The van der Waals surface area contributed by atoms with Crippen LogP contribution in [0.2, 0.25) is 0 Å². The van der Waals surface area contributed by atoms with Crippen molar-refractivity contribution in [3.05, 3.63) is 17.0 Å². The van der Waals surface area contributed by atoms with Crippen LogP contribution in [0.1, 0.15) is 55.5 Å². The number of aryl methyl sites for hydroxylation is 2. The standard InChI is InChI=1S/C19H31N3O4S/c1-14-18(15(2)26-20-14)11-21(3)12-19(23)22(16-7-5-4-6-8-16)17-9-10-27(24,25)13-17/h16-17H,4-13H2,1-3H3. The summed E-state index contributed by atoms with van der Waals surface area (Å²) in [5, 5.41) is 3.97. The highest BCUT2D eigenvalue weighted by molar-refractivity contribution is 7.91. The Balaban J connectivity index is 1.70. The van der Waals surface area contributed by atoms with Gasteiger partial charge < -0.3 is 9.42 Å². The second-order valence-electron chi connectivity index (χ2n) is 8.12. The van der Waals surface area contributed by atoms with Crippen molar-refractivity contribution < 1.29 is 17.7 Å². The smallest absolute Gasteiger partial charge is 0.237 e. The Kier molecular flexibility index (Phi) is 6.25. The largest absolute Gasteiger partial charge is 0.361 e. The zero-order chi connectivity index (χ0) is 19.6. The number of rotatable bonds is 6. The molecule has 27 heavy (non-hydrogen) atoms. The molecular weight excluding hydrogens is 366 g/mol. The fourth-order valence-electron chi connectivity index (χ4n) is 4.43. The van der Waals surface area contributed by atoms with Crippen LogP contribution in [0.3, 0.4) is 0 Å². The number of likely N-dealkylation sites (N-methyl/N-ethyl adjacent to an activating group) is 1. The lowest BCUT2D eigenvalue weighted by Gasteiger charge is -2.39. The molecule has 1 atom stereocenters. The van der Waals surface area contributed by atoms with Crippen LogP contribution >= 0.6 is 0 Å². The first-order valence-electron chi connectivity index (χ1n) is 9.88. The lowest BCUT2D eigenvalue weighted by Crippen LogP contribution is -2.51. The minimum Gasteiger partial charge on any atom is -0.361 e. The van der Waals surface area contributed by atoms with Gasteiger partial charge in [0, 0.05) is 24.2 Å². The van der Waals surface area contributed by atoms with Gasteiger partial charge in [0.05, 0.1) is 23.7 Å². The number of aromatic nitrogens is 1. The molecule has 1 amide bonds. The van der Waals surface area contributed by atoms with E-state index in [0.29, 0.717) is 13.0 Å². The maximum absolute atomic E-state index is 13.2. The number of nitrogens with zero attached hydrogens (tertiary/aromatic N) is 3. The molecule has 1 aromatic rings. The molecule has 8 heteroatoms. The Morgan fingerprint density at radius 3 is 2.41 bits per heavy atom. The van der Waals surface area contributed by atoms with Gasteiger partial charge in [0.1, 0.15) is 5.76 Å². The van der Waals surface area contributed by atoms with Crippen molar-refractivity contribution in [2.24, 2.45) is 0 Å². The Morgan fingerprint density at radius 1 is 1.15 bits per heavy atom. The third-order valence-electron chi connectivity index (χ3n) is 5.87. The van der Waals surface area contributed by atoms with Gasteiger partial charge in [-0.3, -0.25) is 9.69 Å². The van der Waals surface area contributed by atoms with Gasteiger partial charge in [0.25, 0.3) is 0 Å². The summed E-state index contributed by atoms with van der Waals surface area (Å²) in [6, 6.07) is 0.00933. The van der Waals surface area contributed by atoms with E-state index in [1.165, 1.54) is 6.42 Å². The molecule has 0 N–H and O–H groups in total. The predicted molar refractivity (Wildman–Crippen MR) is 103 cm³/mol. The highest BCUT2D eigenvalue weighted by Gasteiger charge is 2.38. The van der Waals surface area contributed by atoms with E-state index < -0.39 is 9.84 Å². The molecule has 0 bridgehead atoms. The molecule has 1 saturated heterocycles. The van der Waals surface area contributed by atoms with Gasteiger partial charge >= 0.3 is 0 Å². The van der Waals surface area contributed by atoms with E-state index in [1.807, 2.05) is 30.7 Å². The van der Waals surface area contributed by atoms with Crippen LogP contribution in [-0.2, 0) is 21.2 Å². The zero-order valence-corrected chi connectivity index (χ0v) is 17.4. The van der Waals surface area contributed by atoms with Crippen molar-refractivity contribution in [2.75, 3.05) is 25.1 Å². The van der Waals surface area contributed by atoms with Crippen LogP contribution in [0, 0.1) is 13.8 Å². The average Bonchev–Trinajstić information content (AvgIpc) is 3.12. The maximum Gasteiger partial charge on any atom is 0.237 e. The first kappa shape index (κ1) is 20.3. The molecule has 0 radical (unpaired) electrons. The Bertz CT molecular complexity index is 748. The molecule has 1 unspecified atom stereocenters. The van der Waals surface area contributed by atoms with Gasteiger partial charge in [-0.1, -0.05) is 24.4 Å². The topological polar surface area (TPSA) is 83.7 Å². The summed E-state index contributed by atoms with van der Waals surface area (Å²) in [4.78, 5) is 17.1. The monoisotopic (exact) mass is 397 g/mol. The van der Waals surface area contributed by atoms with Gasteiger partial charge in [0.2, 0.25) is 5.91 Å². The normalized spacial score (nSPS) is 23.0. The van der Waals surface area contributed by atoms with Crippen molar-refractivity contribution >= 4 is 15.7 Å². The Morgan fingerprint density at radius 2 is 1.85 bits per heavy atom. The van der Waals surface area contributed by atoms with Gasteiger partial charge in [0.15, 0.2) is 9.84 Å². The number of sulfone groups is 1. The second kappa shape index (κ2) is 8.31. The van der Waals surface area contributed by atoms with E-state index in [-0.39, 0.29) is 36.0 Å². The fraction of sp³-hybridized carbons (Fsp3) is 0.789. The minimum atomic E-state index is -3.02. The van der Waals surface area contributed by atoms with E-state index in [2.05, 4.69) is 5.16 Å². The molecule has 2 aliphatic rings. The highest BCUT2D eigenvalue weighted by Crippen LogP contribution is 2.28. The fourth-order valence-corrected chi connectivity index (χ4v) is 6.14. The number of amides is 1. The first-order valence-corrected chi connectivity index (χ1v) is 11.7. The van der Waals surface area contributed by atoms with Crippen molar-refractivity contribution in [1.29, 1.82) is 0 Å². The molecule has 7 nitrogen and oxygen atoms in total. The lowest BCUT2D eigenvalue weighted by molar-refractivity contribution is -0.137. The molecule has 1 aromatic heterocycles. The predicted octanol–water partition coefficient (Wildman–Crippen LogP) is 2.07. The van der Waals surface area contributed by atoms with E-state index in [1.54, 1.807) is 0 Å². The molecule has 0 spiro atoms. The Hall–Kier alpha value is -1.41. The quantitative estimate of drug-likeness (QED) is 0.731. The van der Waals surface area contributed by atoms with Crippen LogP contribution < -0.4 is 0 Å². The van der Waals surface area contributed by atoms with Crippen molar-refractivity contribution in [3.63, 3.8) is 0 Å². The number of carbonyl (C=O) groups is 1. The summed E-state index contributed by atoms with van der Waals surface area (Å²) in [6.45, 7) is 4.65. The summed E-state index contributed by atoms with van der Waals surface area (Å²) in [5.41, 5.74) is 1.86. The van der Waals surface area contributed by atoms with Crippen LogP contribution in [0.4, 0.5) is 0 Å². The van der Waals surface area contributed by atoms with E-state index >= 15 is 0 Å². The lowest BCUT2D eigenvalue weighted by atomic mass is 9.92. The molecular formula is C19H31N3O4S. The van der Waals surface area contributed by atoms with Crippen molar-refractivity contribution in [1.82, 2.24) is 15.0 Å². The third-order valence-corrected chi connectivity index (χ3v) is 7.62. The number of carbonyl (C=O) groups excluding carboxylic acids is 1.